The van der Waals surface area contributed by atoms with Crippen LogP contribution in [0, 0.1) is 0 Å². The van der Waals surface area contributed by atoms with Crippen LogP contribution < -0.4 is 0 Å². The van der Waals surface area contributed by atoms with E-state index in [2.05, 4.69) is 18.7 Å². The summed E-state index contributed by atoms with van der Waals surface area (Å²) in [6.45, 7) is 4.38. The van der Waals surface area contributed by atoms with Crippen LogP contribution in [0.5, 0.6) is 0 Å². The first-order chi connectivity index (χ1) is 9.75. The summed E-state index contributed by atoms with van der Waals surface area (Å²) in [7, 11) is 0. The number of benzene rings is 1. The van der Waals surface area contributed by atoms with Crippen molar-refractivity contribution in [2.45, 2.75) is 25.1 Å². The number of ether oxygens (including phenoxy) is 2. The van der Waals surface area contributed by atoms with Crippen LogP contribution in [-0.2, 0) is 15.9 Å². The van der Waals surface area contributed by atoms with Crippen LogP contribution in [0.4, 0.5) is 4.79 Å². The van der Waals surface area contributed by atoms with Gasteiger partial charge in [-0.05, 0) is 30.1 Å². The topological polar surface area (TPSA) is 38.8 Å². The van der Waals surface area contributed by atoms with Crippen LogP contribution in [0.2, 0.25) is 0 Å². The highest BCUT2D eigenvalue weighted by Gasteiger charge is 2.40. The second-order valence-electron chi connectivity index (χ2n) is 5.05. The van der Waals surface area contributed by atoms with E-state index in [1.807, 2.05) is 24.3 Å². The second kappa shape index (κ2) is 5.41. The number of hydrogen-bond acceptors (Lipinski definition) is 3. The zero-order valence-electron chi connectivity index (χ0n) is 11.2. The van der Waals surface area contributed by atoms with Crippen molar-refractivity contribution in [3.05, 3.63) is 60.4 Å². The zero-order valence-corrected chi connectivity index (χ0v) is 11.2. The summed E-state index contributed by atoms with van der Waals surface area (Å²) in [5.41, 5.74) is 2.06. The van der Waals surface area contributed by atoms with E-state index < -0.39 is 6.23 Å². The Morgan fingerprint density at radius 3 is 2.85 bits per heavy atom. The molecule has 104 valence electrons. The van der Waals surface area contributed by atoms with Gasteiger partial charge in [0.2, 0.25) is 0 Å². The highest BCUT2D eigenvalue weighted by atomic mass is 16.6. The lowest BCUT2D eigenvalue weighted by Gasteiger charge is -2.32. The fourth-order valence-electron chi connectivity index (χ4n) is 2.59. The lowest BCUT2D eigenvalue weighted by molar-refractivity contribution is 0.0262. The van der Waals surface area contributed by atoms with E-state index in [4.69, 9.17) is 9.47 Å². The molecule has 2 aliphatic rings. The number of carbonyl (C=O) groups is 1. The SMILES string of the molecule is C=C1CC=CO[C@@H]1N1C(=O)OC[C@H]1Cc1ccccc1. The second-order valence-corrected chi connectivity index (χ2v) is 5.05. The standard InChI is InChI=1S/C16H17NO3/c1-12-6-5-9-19-15(12)17-14(11-20-16(17)18)10-13-7-3-2-4-8-13/h2-5,7-9,14-15H,1,6,10-11H2/t14-,15+/m1/s1. The number of nitrogens with zero attached hydrogens (tertiary/aromatic N) is 1. The average Bonchev–Trinajstić information content (AvgIpc) is 2.82. The summed E-state index contributed by atoms with van der Waals surface area (Å²) in [5, 5.41) is 0. The van der Waals surface area contributed by atoms with Crippen molar-refractivity contribution in [3.8, 4) is 0 Å². The average molecular weight is 271 g/mol. The van der Waals surface area contributed by atoms with Crippen LogP contribution in [-0.4, -0.2) is 29.9 Å². The Kier molecular flexibility index (Phi) is 3.46. The summed E-state index contributed by atoms with van der Waals surface area (Å²) >= 11 is 0. The molecule has 0 aliphatic carbocycles. The Balaban J connectivity index is 1.78. The van der Waals surface area contributed by atoms with E-state index in [0.29, 0.717) is 6.61 Å². The third kappa shape index (κ3) is 2.41. The molecule has 2 atom stereocenters. The van der Waals surface area contributed by atoms with Crippen LogP contribution >= 0.6 is 0 Å². The van der Waals surface area contributed by atoms with Gasteiger partial charge in [-0.15, -0.1) is 0 Å². The van der Waals surface area contributed by atoms with Gasteiger partial charge in [-0.1, -0.05) is 36.9 Å². The molecule has 2 heterocycles. The molecule has 0 aromatic heterocycles. The molecule has 1 aromatic carbocycles. The van der Waals surface area contributed by atoms with E-state index >= 15 is 0 Å². The number of carbonyl (C=O) groups excluding carboxylic acids is 1. The molecule has 1 saturated heterocycles. The predicted octanol–water partition coefficient (Wildman–Crippen LogP) is 2.87. The molecule has 0 radical (unpaired) electrons. The Labute approximate surface area is 118 Å². The molecule has 1 fully saturated rings. The predicted molar refractivity (Wildman–Crippen MR) is 74.9 cm³/mol. The minimum atomic E-state index is -0.413. The molecular formula is C16H17NO3. The lowest BCUT2D eigenvalue weighted by Crippen LogP contribution is -2.45. The number of hydrogen-bond donors (Lipinski definition) is 0. The first-order valence-electron chi connectivity index (χ1n) is 6.73. The van der Waals surface area contributed by atoms with Gasteiger partial charge in [0.15, 0.2) is 6.23 Å². The van der Waals surface area contributed by atoms with Gasteiger partial charge in [-0.25, -0.2) is 4.79 Å². The van der Waals surface area contributed by atoms with Crippen molar-refractivity contribution < 1.29 is 14.3 Å². The third-order valence-electron chi connectivity index (χ3n) is 3.60. The maximum atomic E-state index is 12.0. The molecule has 0 spiro atoms. The van der Waals surface area contributed by atoms with Crippen molar-refractivity contribution in [3.63, 3.8) is 0 Å². The molecular weight excluding hydrogens is 254 g/mol. The Morgan fingerprint density at radius 2 is 2.10 bits per heavy atom. The first kappa shape index (κ1) is 12.8. The van der Waals surface area contributed by atoms with Gasteiger partial charge in [0.1, 0.15) is 6.61 Å². The van der Waals surface area contributed by atoms with Gasteiger partial charge >= 0.3 is 6.09 Å². The van der Waals surface area contributed by atoms with E-state index in [0.717, 1.165) is 18.4 Å². The number of rotatable bonds is 3. The summed E-state index contributed by atoms with van der Waals surface area (Å²) in [6.07, 6.45) is 4.27. The highest BCUT2D eigenvalue weighted by Crippen LogP contribution is 2.27. The molecule has 3 rings (SSSR count). The number of amides is 1. The number of cyclic esters (lactones) is 1. The van der Waals surface area contributed by atoms with Crippen LogP contribution in [0.15, 0.2) is 54.8 Å². The minimum Gasteiger partial charge on any atom is -0.474 e. The van der Waals surface area contributed by atoms with E-state index in [9.17, 15) is 4.79 Å². The van der Waals surface area contributed by atoms with Gasteiger partial charge in [0.25, 0.3) is 0 Å². The fraction of sp³-hybridized carbons (Fsp3) is 0.312. The van der Waals surface area contributed by atoms with Gasteiger partial charge in [-0.3, -0.25) is 4.90 Å². The van der Waals surface area contributed by atoms with Crippen LogP contribution in [0.25, 0.3) is 0 Å². The fourth-order valence-corrected chi connectivity index (χ4v) is 2.59. The van der Waals surface area contributed by atoms with Gasteiger partial charge in [-0.2, -0.15) is 0 Å². The summed E-state index contributed by atoms with van der Waals surface area (Å²) in [5.74, 6) is 0. The van der Waals surface area contributed by atoms with E-state index in [1.54, 1.807) is 11.2 Å². The maximum absolute atomic E-state index is 12.0. The van der Waals surface area contributed by atoms with Crippen LogP contribution in [0.1, 0.15) is 12.0 Å². The zero-order chi connectivity index (χ0) is 13.9. The van der Waals surface area contributed by atoms with Gasteiger partial charge < -0.3 is 9.47 Å². The molecule has 0 N–H and O–H groups in total. The van der Waals surface area contributed by atoms with E-state index in [-0.39, 0.29) is 12.1 Å². The largest absolute Gasteiger partial charge is 0.474 e. The van der Waals surface area contributed by atoms with E-state index in [1.165, 1.54) is 5.56 Å². The Morgan fingerprint density at radius 1 is 1.30 bits per heavy atom. The monoisotopic (exact) mass is 271 g/mol. The molecule has 0 unspecified atom stereocenters. The van der Waals surface area contributed by atoms with Crippen molar-refractivity contribution in [2.75, 3.05) is 6.61 Å². The first-order valence-corrected chi connectivity index (χ1v) is 6.73. The van der Waals surface area contributed by atoms with Crippen molar-refractivity contribution in [1.82, 2.24) is 4.90 Å². The third-order valence-corrected chi connectivity index (χ3v) is 3.60. The normalized spacial score (nSPS) is 25.5. The molecule has 20 heavy (non-hydrogen) atoms. The minimum absolute atomic E-state index is 0.0156. The highest BCUT2D eigenvalue weighted by molar-refractivity contribution is 5.71. The molecule has 4 heteroatoms. The molecule has 0 saturated carbocycles. The van der Waals surface area contributed by atoms with Crippen molar-refractivity contribution in [1.29, 1.82) is 0 Å². The Hall–Kier alpha value is -2.23. The van der Waals surface area contributed by atoms with Crippen LogP contribution in [0.3, 0.4) is 0 Å². The summed E-state index contributed by atoms with van der Waals surface area (Å²) in [4.78, 5) is 13.6. The van der Waals surface area contributed by atoms with Crippen molar-refractivity contribution >= 4 is 6.09 Å². The quantitative estimate of drug-likeness (QED) is 0.793. The van der Waals surface area contributed by atoms with Gasteiger partial charge in [0.05, 0.1) is 12.3 Å². The molecule has 1 aromatic rings. The molecule has 1 amide bonds. The molecule has 4 nitrogen and oxygen atoms in total. The maximum Gasteiger partial charge on any atom is 0.413 e. The van der Waals surface area contributed by atoms with Gasteiger partial charge in [0, 0.05) is 0 Å². The summed E-state index contributed by atoms with van der Waals surface area (Å²) in [6, 6.07) is 10.1. The lowest BCUT2D eigenvalue weighted by atomic mass is 10.0. The Bertz CT molecular complexity index is 538. The molecule has 0 bridgehead atoms. The number of allylic oxidation sites excluding steroid dienone is 1. The summed E-state index contributed by atoms with van der Waals surface area (Å²) < 4.78 is 10.8. The van der Waals surface area contributed by atoms with Crippen molar-refractivity contribution in [2.24, 2.45) is 0 Å². The smallest absolute Gasteiger partial charge is 0.413 e. The molecule has 2 aliphatic heterocycles.